The Hall–Kier alpha value is -3.72. The summed E-state index contributed by atoms with van der Waals surface area (Å²) in [7, 11) is -4.14. The lowest BCUT2D eigenvalue weighted by molar-refractivity contribution is -0.140. The zero-order chi connectivity index (χ0) is 30.3. The van der Waals surface area contributed by atoms with E-state index in [0.717, 1.165) is 47.5 Å². The highest BCUT2D eigenvalue weighted by atomic mass is 32.2. The first-order valence-electron chi connectivity index (χ1n) is 14.6. The zero-order valence-corrected chi connectivity index (χ0v) is 25.4. The molecule has 224 valence electrons. The number of hydrogen-bond donors (Lipinski definition) is 1. The van der Waals surface area contributed by atoms with E-state index in [-0.39, 0.29) is 23.4 Å². The SMILES string of the molecule is CCC(C(=O)NC1CCCCC1)N(Cc1ccc(F)cc1)C(=O)CN(c1cccc(C)c1C)S(=O)(=O)c1ccccc1. The average molecular weight is 594 g/mol. The second kappa shape index (κ2) is 14.0. The molecular formula is C33H40FN3O4S. The number of anilines is 1. The van der Waals surface area contributed by atoms with E-state index >= 15 is 0 Å². The van der Waals surface area contributed by atoms with E-state index in [1.807, 2.05) is 26.8 Å². The number of amides is 2. The molecule has 1 aliphatic carbocycles. The van der Waals surface area contributed by atoms with Crippen molar-refractivity contribution in [1.82, 2.24) is 10.2 Å². The molecule has 3 aromatic carbocycles. The molecule has 1 atom stereocenters. The highest BCUT2D eigenvalue weighted by Crippen LogP contribution is 2.29. The minimum absolute atomic E-state index is 0.0295. The molecule has 1 saturated carbocycles. The summed E-state index contributed by atoms with van der Waals surface area (Å²) in [5.74, 6) is -1.19. The maximum Gasteiger partial charge on any atom is 0.264 e. The maximum atomic E-state index is 14.2. The van der Waals surface area contributed by atoms with Gasteiger partial charge in [0.25, 0.3) is 10.0 Å². The third-order valence-corrected chi connectivity index (χ3v) is 9.83. The van der Waals surface area contributed by atoms with Gasteiger partial charge in [0.15, 0.2) is 0 Å². The van der Waals surface area contributed by atoms with Crippen LogP contribution in [0.3, 0.4) is 0 Å². The highest BCUT2D eigenvalue weighted by Gasteiger charge is 2.35. The Labute approximate surface area is 248 Å². The molecule has 1 fully saturated rings. The number of sulfonamides is 1. The summed E-state index contributed by atoms with van der Waals surface area (Å²) in [6.07, 6.45) is 5.35. The van der Waals surface area contributed by atoms with Crippen molar-refractivity contribution in [3.63, 3.8) is 0 Å². The largest absolute Gasteiger partial charge is 0.352 e. The Kier molecular flexibility index (Phi) is 10.4. The Balaban J connectivity index is 1.72. The number of carbonyl (C=O) groups is 2. The van der Waals surface area contributed by atoms with E-state index in [0.29, 0.717) is 17.7 Å². The number of aryl methyl sites for hydroxylation is 1. The molecule has 0 spiro atoms. The molecule has 1 unspecified atom stereocenters. The predicted octanol–water partition coefficient (Wildman–Crippen LogP) is 5.89. The molecule has 42 heavy (non-hydrogen) atoms. The van der Waals surface area contributed by atoms with Crippen LogP contribution in [0.25, 0.3) is 0 Å². The first-order valence-corrected chi connectivity index (χ1v) is 16.0. The lowest BCUT2D eigenvalue weighted by atomic mass is 9.95. The summed E-state index contributed by atoms with van der Waals surface area (Å²) in [5.41, 5.74) is 2.65. The van der Waals surface area contributed by atoms with Gasteiger partial charge in [-0.25, -0.2) is 12.8 Å². The molecule has 7 nitrogen and oxygen atoms in total. The molecule has 0 saturated heterocycles. The highest BCUT2D eigenvalue weighted by molar-refractivity contribution is 7.92. The lowest BCUT2D eigenvalue weighted by Gasteiger charge is -2.35. The molecule has 1 aliphatic rings. The van der Waals surface area contributed by atoms with Gasteiger partial charge in [0, 0.05) is 12.6 Å². The summed E-state index contributed by atoms with van der Waals surface area (Å²) in [4.78, 5) is 29.3. The third kappa shape index (κ3) is 7.37. The van der Waals surface area contributed by atoms with Crippen LogP contribution in [-0.2, 0) is 26.2 Å². The van der Waals surface area contributed by atoms with Gasteiger partial charge in [0.05, 0.1) is 10.6 Å². The first kappa shape index (κ1) is 31.2. The fraction of sp³-hybridized carbons (Fsp3) is 0.394. The van der Waals surface area contributed by atoms with Crippen molar-refractivity contribution in [2.75, 3.05) is 10.8 Å². The fourth-order valence-corrected chi connectivity index (χ4v) is 6.98. The summed E-state index contributed by atoms with van der Waals surface area (Å²) in [6, 6.07) is 18.3. The molecule has 0 heterocycles. The smallest absolute Gasteiger partial charge is 0.264 e. The standard InChI is InChI=1S/C33H40FN3O4S/c1-4-30(33(39)35-28-13-7-5-8-14-28)36(22-26-18-20-27(34)21-19-26)32(38)23-37(31-17-11-12-24(2)25(31)3)42(40,41)29-15-9-6-10-16-29/h6,9-12,15-21,28,30H,4-5,7-8,13-14,22-23H2,1-3H3,(H,35,39). The Morgan fingerprint density at radius 3 is 2.24 bits per heavy atom. The summed E-state index contributed by atoms with van der Waals surface area (Å²) in [6.45, 7) is 5.07. The average Bonchev–Trinajstić information content (AvgIpc) is 2.99. The number of nitrogens with one attached hydrogen (secondary N) is 1. The van der Waals surface area contributed by atoms with Crippen LogP contribution in [0, 0.1) is 19.7 Å². The molecule has 1 N–H and O–H groups in total. The quantitative estimate of drug-likeness (QED) is 0.300. The van der Waals surface area contributed by atoms with Crippen molar-refractivity contribution in [3.05, 3.63) is 95.3 Å². The molecule has 0 aromatic heterocycles. The minimum Gasteiger partial charge on any atom is -0.352 e. The number of nitrogens with zero attached hydrogens (tertiary/aromatic N) is 2. The molecule has 0 bridgehead atoms. The van der Waals surface area contributed by atoms with Gasteiger partial charge in [-0.1, -0.05) is 68.7 Å². The second-order valence-electron chi connectivity index (χ2n) is 11.0. The van der Waals surface area contributed by atoms with E-state index in [2.05, 4.69) is 5.32 Å². The summed E-state index contributed by atoms with van der Waals surface area (Å²) >= 11 is 0. The van der Waals surface area contributed by atoms with Crippen molar-refractivity contribution in [3.8, 4) is 0 Å². The van der Waals surface area contributed by atoms with Gasteiger partial charge in [-0.2, -0.15) is 0 Å². The monoisotopic (exact) mass is 593 g/mol. The Morgan fingerprint density at radius 1 is 0.929 bits per heavy atom. The Morgan fingerprint density at radius 2 is 1.60 bits per heavy atom. The van der Waals surface area contributed by atoms with Crippen LogP contribution in [-0.4, -0.2) is 43.8 Å². The van der Waals surface area contributed by atoms with Gasteiger partial charge in [0.1, 0.15) is 18.4 Å². The normalized spacial score (nSPS) is 14.7. The van der Waals surface area contributed by atoms with Crippen LogP contribution in [0.1, 0.15) is 62.1 Å². The van der Waals surface area contributed by atoms with Gasteiger partial charge < -0.3 is 10.2 Å². The lowest BCUT2D eigenvalue weighted by Crippen LogP contribution is -2.54. The van der Waals surface area contributed by atoms with Crippen LogP contribution >= 0.6 is 0 Å². The molecule has 4 rings (SSSR count). The number of rotatable bonds is 11. The molecule has 9 heteroatoms. The Bertz CT molecular complexity index is 1470. The van der Waals surface area contributed by atoms with E-state index in [9.17, 15) is 22.4 Å². The van der Waals surface area contributed by atoms with Crippen LogP contribution in [0.15, 0.2) is 77.7 Å². The molecule has 3 aromatic rings. The first-order chi connectivity index (χ1) is 20.1. The van der Waals surface area contributed by atoms with Crippen molar-refractivity contribution in [2.24, 2.45) is 0 Å². The van der Waals surface area contributed by atoms with Gasteiger partial charge in [-0.3, -0.25) is 13.9 Å². The van der Waals surface area contributed by atoms with E-state index in [1.165, 1.54) is 29.2 Å². The fourth-order valence-electron chi connectivity index (χ4n) is 5.49. The summed E-state index contributed by atoms with van der Waals surface area (Å²) < 4.78 is 42.9. The van der Waals surface area contributed by atoms with Gasteiger partial charge in [0.2, 0.25) is 11.8 Å². The molecule has 2 amide bonds. The van der Waals surface area contributed by atoms with Gasteiger partial charge in [-0.05, 0) is 80.1 Å². The van der Waals surface area contributed by atoms with E-state index < -0.39 is 34.3 Å². The van der Waals surface area contributed by atoms with Gasteiger partial charge >= 0.3 is 0 Å². The zero-order valence-electron chi connectivity index (χ0n) is 24.6. The van der Waals surface area contributed by atoms with Crippen molar-refractivity contribution < 1.29 is 22.4 Å². The predicted molar refractivity (Wildman–Crippen MR) is 163 cm³/mol. The van der Waals surface area contributed by atoms with Crippen LogP contribution in [0.5, 0.6) is 0 Å². The number of halogens is 1. The van der Waals surface area contributed by atoms with Crippen molar-refractivity contribution in [1.29, 1.82) is 0 Å². The topological polar surface area (TPSA) is 86.8 Å². The van der Waals surface area contributed by atoms with E-state index in [4.69, 9.17) is 0 Å². The number of carbonyl (C=O) groups excluding carboxylic acids is 2. The maximum absolute atomic E-state index is 14.2. The van der Waals surface area contributed by atoms with Crippen molar-refractivity contribution in [2.45, 2.75) is 82.8 Å². The molecule has 0 aliphatic heterocycles. The third-order valence-electron chi connectivity index (χ3n) is 8.06. The van der Waals surface area contributed by atoms with E-state index in [1.54, 1.807) is 42.5 Å². The van der Waals surface area contributed by atoms with Crippen LogP contribution in [0.4, 0.5) is 10.1 Å². The summed E-state index contributed by atoms with van der Waals surface area (Å²) in [5, 5.41) is 3.13. The van der Waals surface area contributed by atoms with Crippen LogP contribution in [0.2, 0.25) is 0 Å². The van der Waals surface area contributed by atoms with Crippen LogP contribution < -0.4 is 9.62 Å². The molecule has 0 radical (unpaired) electrons. The number of benzene rings is 3. The molecular weight excluding hydrogens is 553 g/mol. The van der Waals surface area contributed by atoms with Gasteiger partial charge in [-0.15, -0.1) is 0 Å². The second-order valence-corrected chi connectivity index (χ2v) is 12.8. The minimum atomic E-state index is -4.14. The van der Waals surface area contributed by atoms with Crippen molar-refractivity contribution >= 4 is 27.5 Å². The number of hydrogen-bond acceptors (Lipinski definition) is 4.